The van der Waals surface area contributed by atoms with Crippen LogP contribution in [0.1, 0.15) is 44.1 Å². The molecule has 3 amide bonds. The summed E-state index contributed by atoms with van der Waals surface area (Å²) in [6, 6.07) is 7.51. The van der Waals surface area contributed by atoms with Gasteiger partial charge >= 0.3 is 0 Å². The van der Waals surface area contributed by atoms with Gasteiger partial charge in [-0.1, -0.05) is 17.7 Å². The molecule has 2 N–H and O–H groups in total. The summed E-state index contributed by atoms with van der Waals surface area (Å²) in [6.07, 6.45) is 6.79. The lowest BCUT2D eigenvalue weighted by Gasteiger charge is -2.55. The number of hydrogen-bond donors (Lipinski definition) is 2. The molecule has 0 radical (unpaired) electrons. The Bertz CT molecular complexity index is 767. The molecule has 0 aromatic heterocycles. The first-order valence-corrected chi connectivity index (χ1v) is 10.7. The molecule has 6 heteroatoms. The highest BCUT2D eigenvalue weighted by Gasteiger charge is 2.54. The lowest BCUT2D eigenvalue weighted by atomic mass is 9.49. The minimum absolute atomic E-state index is 0.0417. The van der Waals surface area contributed by atoms with Crippen LogP contribution in [0.3, 0.4) is 0 Å². The van der Waals surface area contributed by atoms with E-state index in [2.05, 4.69) is 10.6 Å². The highest BCUT2D eigenvalue weighted by Crippen LogP contribution is 2.60. The lowest BCUT2D eigenvalue weighted by molar-refractivity contribution is -0.147. The first-order valence-electron chi connectivity index (χ1n) is 10.7. The summed E-state index contributed by atoms with van der Waals surface area (Å²) in [5.41, 5.74) is 1.57. The van der Waals surface area contributed by atoms with Gasteiger partial charge in [-0.3, -0.25) is 14.4 Å². The summed E-state index contributed by atoms with van der Waals surface area (Å²) < 4.78 is 0. The number of hydrogen-bond acceptors (Lipinski definition) is 3. The number of anilines is 1. The van der Waals surface area contributed by atoms with Crippen LogP contribution in [-0.4, -0.2) is 42.8 Å². The van der Waals surface area contributed by atoms with Gasteiger partial charge in [0, 0.05) is 18.2 Å². The molecule has 5 rings (SSSR count). The van der Waals surface area contributed by atoms with E-state index in [4.69, 9.17) is 0 Å². The molecule has 29 heavy (non-hydrogen) atoms. The van der Waals surface area contributed by atoms with Crippen molar-refractivity contribution in [3.8, 4) is 0 Å². The van der Waals surface area contributed by atoms with Crippen LogP contribution in [0, 0.1) is 30.1 Å². The number of nitrogens with zero attached hydrogens (tertiary/aromatic N) is 1. The summed E-state index contributed by atoms with van der Waals surface area (Å²) >= 11 is 0. The fourth-order valence-corrected chi connectivity index (χ4v) is 6.01. The molecule has 156 valence electrons. The van der Waals surface area contributed by atoms with Crippen molar-refractivity contribution in [3.05, 3.63) is 29.8 Å². The summed E-state index contributed by atoms with van der Waals surface area (Å²) in [7, 11) is 1.59. The first kappa shape index (κ1) is 19.9. The summed E-state index contributed by atoms with van der Waals surface area (Å²) in [5.74, 6) is 1.62. The van der Waals surface area contributed by atoms with Crippen LogP contribution in [0.15, 0.2) is 24.3 Å². The Labute approximate surface area is 172 Å². The van der Waals surface area contributed by atoms with Crippen LogP contribution in [0.2, 0.25) is 0 Å². The average molecular weight is 398 g/mol. The van der Waals surface area contributed by atoms with E-state index in [1.807, 2.05) is 31.2 Å². The number of aryl methyl sites for hydroxylation is 1. The van der Waals surface area contributed by atoms with Gasteiger partial charge in [-0.2, -0.15) is 0 Å². The maximum atomic E-state index is 13.0. The molecule has 4 bridgehead atoms. The number of amides is 3. The van der Waals surface area contributed by atoms with Crippen molar-refractivity contribution in [1.82, 2.24) is 10.2 Å². The fourth-order valence-electron chi connectivity index (χ4n) is 6.01. The van der Waals surface area contributed by atoms with E-state index in [9.17, 15) is 14.4 Å². The summed E-state index contributed by atoms with van der Waals surface area (Å²) in [5, 5.41) is 5.68. The SMILES string of the molecule is Cc1ccc(NC(=O)CN(C)C(=O)CNC(=O)C23CC4CC(CC(C4)C2)C3)cc1. The van der Waals surface area contributed by atoms with Gasteiger partial charge in [0.15, 0.2) is 0 Å². The highest BCUT2D eigenvalue weighted by molar-refractivity contribution is 5.95. The second-order valence-corrected chi connectivity index (χ2v) is 9.54. The molecule has 0 saturated heterocycles. The Morgan fingerprint density at radius 1 is 1.00 bits per heavy atom. The number of carbonyl (C=O) groups is 3. The molecule has 0 aliphatic heterocycles. The van der Waals surface area contributed by atoms with Crippen LogP contribution in [0.4, 0.5) is 5.69 Å². The zero-order chi connectivity index (χ0) is 20.6. The Balaban J connectivity index is 1.25. The smallest absolute Gasteiger partial charge is 0.243 e. The van der Waals surface area contributed by atoms with Gasteiger partial charge in [0.25, 0.3) is 0 Å². The average Bonchev–Trinajstić information content (AvgIpc) is 2.66. The molecular formula is C23H31N3O3. The van der Waals surface area contributed by atoms with Crippen LogP contribution < -0.4 is 10.6 Å². The van der Waals surface area contributed by atoms with Gasteiger partial charge in [-0.25, -0.2) is 0 Å². The van der Waals surface area contributed by atoms with Gasteiger partial charge in [0.05, 0.1) is 13.1 Å². The van der Waals surface area contributed by atoms with E-state index < -0.39 is 0 Å². The highest BCUT2D eigenvalue weighted by atomic mass is 16.2. The third-order valence-corrected chi connectivity index (χ3v) is 7.06. The number of rotatable bonds is 6. The number of carbonyl (C=O) groups excluding carboxylic acids is 3. The molecule has 0 heterocycles. The maximum absolute atomic E-state index is 13.0. The quantitative estimate of drug-likeness (QED) is 0.775. The van der Waals surface area contributed by atoms with E-state index in [-0.39, 0.29) is 36.2 Å². The monoisotopic (exact) mass is 397 g/mol. The van der Waals surface area contributed by atoms with Crippen molar-refractivity contribution in [3.63, 3.8) is 0 Å². The third kappa shape index (κ3) is 4.31. The topological polar surface area (TPSA) is 78.5 Å². The minimum Gasteiger partial charge on any atom is -0.347 e. The van der Waals surface area contributed by atoms with Crippen molar-refractivity contribution in [2.75, 3.05) is 25.5 Å². The van der Waals surface area contributed by atoms with Crippen molar-refractivity contribution in [2.45, 2.75) is 45.4 Å². The zero-order valence-corrected chi connectivity index (χ0v) is 17.4. The largest absolute Gasteiger partial charge is 0.347 e. The molecule has 4 aliphatic rings. The van der Waals surface area contributed by atoms with Gasteiger partial charge in [0.1, 0.15) is 0 Å². The zero-order valence-electron chi connectivity index (χ0n) is 17.4. The molecule has 4 aliphatic carbocycles. The molecule has 4 fully saturated rings. The predicted octanol–water partition coefficient (Wildman–Crippen LogP) is 2.72. The Morgan fingerprint density at radius 2 is 1.55 bits per heavy atom. The van der Waals surface area contributed by atoms with Crippen LogP contribution in [0.5, 0.6) is 0 Å². The molecule has 1 aromatic carbocycles. The molecule has 0 unspecified atom stereocenters. The molecule has 6 nitrogen and oxygen atoms in total. The number of nitrogens with one attached hydrogen (secondary N) is 2. The van der Waals surface area contributed by atoms with Crippen LogP contribution in [-0.2, 0) is 14.4 Å². The molecule has 0 spiro atoms. The normalized spacial score (nSPS) is 29.4. The van der Waals surface area contributed by atoms with Gasteiger partial charge in [-0.05, 0) is 75.3 Å². The minimum atomic E-state index is -0.254. The lowest BCUT2D eigenvalue weighted by Crippen LogP contribution is -2.54. The van der Waals surface area contributed by atoms with Crippen molar-refractivity contribution < 1.29 is 14.4 Å². The first-order chi connectivity index (χ1) is 13.8. The van der Waals surface area contributed by atoms with E-state index in [1.54, 1.807) is 7.05 Å². The van der Waals surface area contributed by atoms with E-state index >= 15 is 0 Å². The second kappa shape index (κ2) is 7.81. The molecule has 0 atom stereocenters. The fraction of sp³-hybridized carbons (Fsp3) is 0.609. The van der Waals surface area contributed by atoms with Crippen molar-refractivity contribution in [2.24, 2.45) is 23.2 Å². The standard InChI is InChI=1S/C23H31N3O3/c1-15-3-5-19(6-4-15)25-20(27)14-26(2)21(28)13-24-22(29)23-10-16-7-17(11-23)9-18(8-16)12-23/h3-6,16-18H,7-14H2,1-2H3,(H,24,29)(H,25,27). The summed E-state index contributed by atoms with van der Waals surface area (Å²) in [6.45, 7) is 1.89. The van der Waals surface area contributed by atoms with Gasteiger partial charge in [-0.15, -0.1) is 0 Å². The van der Waals surface area contributed by atoms with Crippen molar-refractivity contribution >= 4 is 23.4 Å². The molecule has 4 saturated carbocycles. The molecular weight excluding hydrogens is 366 g/mol. The van der Waals surface area contributed by atoms with Crippen molar-refractivity contribution in [1.29, 1.82) is 0 Å². The van der Waals surface area contributed by atoms with Crippen LogP contribution in [0.25, 0.3) is 0 Å². The predicted molar refractivity (Wildman–Crippen MR) is 111 cm³/mol. The Morgan fingerprint density at radius 3 is 2.10 bits per heavy atom. The van der Waals surface area contributed by atoms with E-state index in [0.29, 0.717) is 23.4 Å². The third-order valence-electron chi connectivity index (χ3n) is 7.06. The maximum Gasteiger partial charge on any atom is 0.243 e. The van der Waals surface area contributed by atoms with E-state index in [0.717, 1.165) is 24.8 Å². The Hall–Kier alpha value is -2.37. The number of benzene rings is 1. The van der Waals surface area contributed by atoms with E-state index in [1.165, 1.54) is 24.2 Å². The van der Waals surface area contributed by atoms with Gasteiger partial charge < -0.3 is 15.5 Å². The summed E-state index contributed by atoms with van der Waals surface area (Å²) in [4.78, 5) is 38.9. The van der Waals surface area contributed by atoms with Crippen LogP contribution >= 0.6 is 0 Å². The second-order valence-electron chi connectivity index (χ2n) is 9.54. The Kier molecular flexibility index (Phi) is 5.36. The number of likely N-dealkylation sites (N-methyl/N-ethyl adjacent to an activating group) is 1. The molecule has 1 aromatic rings. The van der Waals surface area contributed by atoms with Gasteiger partial charge in [0.2, 0.25) is 17.7 Å².